The summed E-state index contributed by atoms with van der Waals surface area (Å²) in [6.07, 6.45) is 2.30. The third kappa shape index (κ3) is 5.23. The quantitative estimate of drug-likeness (QED) is 0.511. The molecule has 2 aromatic carbocycles. The molecule has 0 spiro atoms. The van der Waals surface area contributed by atoms with E-state index in [-0.39, 0.29) is 4.90 Å². The van der Waals surface area contributed by atoms with E-state index in [0.717, 1.165) is 48.7 Å². The monoisotopic (exact) mass is 480 g/mol. The fourth-order valence-electron chi connectivity index (χ4n) is 4.42. The molecule has 0 unspecified atom stereocenters. The standard InChI is InChI=1S/C26H32N4O3S/c1-4-25-24(19-21-9-6-5-7-10-21)26(28-20(2)27-25)29-15-8-16-30(18-17-29)34(31,32)23-13-11-22(33-3)12-14-23/h5-7,9-14H,4,8,15-19H2,1-3H3. The Morgan fingerprint density at radius 2 is 1.68 bits per heavy atom. The van der Waals surface area contributed by atoms with Gasteiger partial charge in [-0.1, -0.05) is 37.3 Å². The molecule has 0 atom stereocenters. The van der Waals surface area contributed by atoms with Crippen molar-refractivity contribution in [2.45, 2.75) is 38.0 Å². The highest BCUT2D eigenvalue weighted by molar-refractivity contribution is 7.89. The van der Waals surface area contributed by atoms with Crippen LogP contribution in [0.4, 0.5) is 5.82 Å². The average Bonchev–Trinajstić information content (AvgIpc) is 3.12. The molecule has 7 nitrogen and oxygen atoms in total. The van der Waals surface area contributed by atoms with Crippen LogP contribution in [0.5, 0.6) is 5.75 Å². The summed E-state index contributed by atoms with van der Waals surface area (Å²) in [5.41, 5.74) is 3.40. The Kier molecular flexibility index (Phi) is 7.48. The van der Waals surface area contributed by atoms with Crippen molar-refractivity contribution in [1.29, 1.82) is 0 Å². The smallest absolute Gasteiger partial charge is 0.243 e. The molecule has 34 heavy (non-hydrogen) atoms. The summed E-state index contributed by atoms with van der Waals surface area (Å²) in [7, 11) is -2.01. The second-order valence-corrected chi connectivity index (χ2v) is 10.4. The third-order valence-electron chi connectivity index (χ3n) is 6.19. The maximum Gasteiger partial charge on any atom is 0.243 e. The molecule has 0 amide bonds. The van der Waals surface area contributed by atoms with E-state index >= 15 is 0 Å². The van der Waals surface area contributed by atoms with Crippen LogP contribution in [0.3, 0.4) is 0 Å². The van der Waals surface area contributed by atoms with Crippen LogP contribution in [0.1, 0.15) is 36.0 Å². The van der Waals surface area contributed by atoms with Gasteiger partial charge < -0.3 is 9.64 Å². The minimum Gasteiger partial charge on any atom is -0.497 e. The Labute approximate surface area is 202 Å². The van der Waals surface area contributed by atoms with Crippen LogP contribution in [0, 0.1) is 6.92 Å². The molecular weight excluding hydrogens is 448 g/mol. The van der Waals surface area contributed by atoms with Gasteiger partial charge in [0.1, 0.15) is 17.4 Å². The summed E-state index contributed by atoms with van der Waals surface area (Å²) in [6.45, 7) is 6.25. The van der Waals surface area contributed by atoms with Gasteiger partial charge in [-0.25, -0.2) is 18.4 Å². The minimum absolute atomic E-state index is 0.290. The van der Waals surface area contributed by atoms with E-state index in [0.29, 0.717) is 25.4 Å². The predicted molar refractivity (Wildman–Crippen MR) is 134 cm³/mol. The van der Waals surface area contributed by atoms with E-state index < -0.39 is 10.0 Å². The fourth-order valence-corrected chi connectivity index (χ4v) is 5.89. The van der Waals surface area contributed by atoms with Crippen LogP contribution in [0.25, 0.3) is 0 Å². The SMILES string of the molecule is CCc1nc(C)nc(N2CCCN(S(=O)(=O)c3ccc(OC)cc3)CC2)c1Cc1ccccc1. The summed E-state index contributed by atoms with van der Waals surface area (Å²) in [5.74, 6) is 2.31. The van der Waals surface area contributed by atoms with Crippen molar-refractivity contribution in [3.05, 3.63) is 77.2 Å². The lowest BCUT2D eigenvalue weighted by atomic mass is 10.0. The number of rotatable bonds is 7. The lowest BCUT2D eigenvalue weighted by molar-refractivity contribution is 0.413. The summed E-state index contributed by atoms with van der Waals surface area (Å²) < 4.78 is 33.3. The van der Waals surface area contributed by atoms with Gasteiger partial charge >= 0.3 is 0 Å². The Morgan fingerprint density at radius 3 is 2.35 bits per heavy atom. The predicted octanol–water partition coefficient (Wildman–Crippen LogP) is 3.85. The molecule has 3 aromatic rings. The number of sulfonamides is 1. The van der Waals surface area contributed by atoms with E-state index in [1.54, 1.807) is 35.7 Å². The van der Waals surface area contributed by atoms with Gasteiger partial charge in [0.15, 0.2) is 0 Å². The maximum atomic E-state index is 13.3. The summed E-state index contributed by atoms with van der Waals surface area (Å²) in [6, 6.07) is 16.9. The first kappa shape index (κ1) is 24.2. The number of hydrogen-bond acceptors (Lipinski definition) is 6. The molecule has 1 saturated heterocycles. The summed E-state index contributed by atoms with van der Waals surface area (Å²) >= 11 is 0. The van der Waals surface area contributed by atoms with E-state index in [1.807, 2.05) is 25.1 Å². The molecule has 0 radical (unpaired) electrons. The Morgan fingerprint density at radius 1 is 0.941 bits per heavy atom. The molecule has 1 aromatic heterocycles. The van der Waals surface area contributed by atoms with Crippen molar-refractivity contribution in [2.75, 3.05) is 38.2 Å². The zero-order chi connectivity index (χ0) is 24.1. The lowest BCUT2D eigenvalue weighted by Crippen LogP contribution is -2.35. The number of benzene rings is 2. The number of ether oxygens (including phenoxy) is 1. The molecule has 8 heteroatoms. The van der Waals surface area contributed by atoms with Crippen LogP contribution in [0.2, 0.25) is 0 Å². The first-order valence-electron chi connectivity index (χ1n) is 11.7. The highest BCUT2D eigenvalue weighted by Gasteiger charge is 2.28. The van der Waals surface area contributed by atoms with Gasteiger partial charge in [-0.2, -0.15) is 4.31 Å². The molecular formula is C26H32N4O3S. The molecule has 0 N–H and O–H groups in total. The lowest BCUT2D eigenvalue weighted by Gasteiger charge is -2.26. The first-order chi connectivity index (χ1) is 16.4. The van der Waals surface area contributed by atoms with Crippen LogP contribution in [-0.4, -0.2) is 56.0 Å². The van der Waals surface area contributed by atoms with Crippen molar-refractivity contribution in [1.82, 2.24) is 14.3 Å². The maximum absolute atomic E-state index is 13.3. The normalized spacial score (nSPS) is 15.2. The molecule has 4 rings (SSSR count). The third-order valence-corrected chi connectivity index (χ3v) is 8.11. The molecule has 1 aliphatic heterocycles. The van der Waals surface area contributed by atoms with Crippen LogP contribution in [-0.2, 0) is 22.9 Å². The molecule has 0 saturated carbocycles. The summed E-state index contributed by atoms with van der Waals surface area (Å²) in [5, 5.41) is 0. The van der Waals surface area contributed by atoms with Crippen molar-refractivity contribution in [3.8, 4) is 5.75 Å². The van der Waals surface area contributed by atoms with Crippen molar-refractivity contribution < 1.29 is 13.2 Å². The Hall–Kier alpha value is -2.97. The van der Waals surface area contributed by atoms with E-state index in [2.05, 4.69) is 24.0 Å². The van der Waals surface area contributed by atoms with Gasteiger partial charge in [-0.3, -0.25) is 0 Å². The topological polar surface area (TPSA) is 75.6 Å². The molecule has 0 bridgehead atoms. The van der Waals surface area contributed by atoms with Gasteiger partial charge in [-0.15, -0.1) is 0 Å². The van der Waals surface area contributed by atoms with Gasteiger partial charge in [0.25, 0.3) is 0 Å². The second kappa shape index (κ2) is 10.5. The van der Waals surface area contributed by atoms with E-state index in [9.17, 15) is 8.42 Å². The molecule has 2 heterocycles. The number of aromatic nitrogens is 2. The molecule has 180 valence electrons. The first-order valence-corrected chi connectivity index (χ1v) is 13.2. The minimum atomic E-state index is -3.58. The number of aryl methyl sites for hydroxylation is 2. The fraction of sp³-hybridized carbons (Fsp3) is 0.385. The Balaban J connectivity index is 1.60. The highest BCUT2D eigenvalue weighted by Crippen LogP contribution is 2.27. The van der Waals surface area contributed by atoms with Gasteiger partial charge in [0.05, 0.1) is 12.0 Å². The van der Waals surface area contributed by atoms with Gasteiger partial charge in [0.2, 0.25) is 10.0 Å². The summed E-state index contributed by atoms with van der Waals surface area (Å²) in [4.78, 5) is 12.1. The Bertz CT molecular complexity index is 1210. The van der Waals surface area contributed by atoms with Crippen molar-refractivity contribution >= 4 is 15.8 Å². The number of nitrogens with zero attached hydrogens (tertiary/aromatic N) is 4. The highest BCUT2D eigenvalue weighted by atomic mass is 32.2. The zero-order valence-corrected chi connectivity index (χ0v) is 20.9. The van der Waals surface area contributed by atoms with Crippen LogP contribution in [0.15, 0.2) is 59.5 Å². The number of hydrogen-bond donors (Lipinski definition) is 0. The number of anilines is 1. The van der Waals surface area contributed by atoms with Crippen LogP contribution < -0.4 is 9.64 Å². The zero-order valence-electron chi connectivity index (χ0n) is 20.1. The van der Waals surface area contributed by atoms with Gasteiger partial charge in [-0.05, 0) is 49.6 Å². The largest absolute Gasteiger partial charge is 0.497 e. The molecule has 0 aliphatic carbocycles. The van der Waals surface area contributed by atoms with Gasteiger partial charge in [0, 0.05) is 43.9 Å². The number of methoxy groups -OCH3 is 1. The van der Waals surface area contributed by atoms with Crippen molar-refractivity contribution in [3.63, 3.8) is 0 Å². The van der Waals surface area contributed by atoms with E-state index in [4.69, 9.17) is 14.7 Å². The van der Waals surface area contributed by atoms with Crippen molar-refractivity contribution in [2.24, 2.45) is 0 Å². The molecule has 1 fully saturated rings. The second-order valence-electron chi connectivity index (χ2n) is 8.46. The van der Waals surface area contributed by atoms with E-state index in [1.165, 1.54) is 5.56 Å². The van der Waals surface area contributed by atoms with Crippen LogP contribution >= 0.6 is 0 Å². The average molecular weight is 481 g/mol. The molecule has 1 aliphatic rings.